The van der Waals surface area contributed by atoms with Crippen molar-refractivity contribution in [2.24, 2.45) is 17.3 Å². The molecule has 1 N–H and O–H groups in total. The highest BCUT2D eigenvalue weighted by Gasteiger charge is 2.28. The van der Waals surface area contributed by atoms with Gasteiger partial charge in [-0.05, 0) is 56.7 Å². The molecular formula is C17H36N2. The van der Waals surface area contributed by atoms with E-state index in [-0.39, 0.29) is 0 Å². The number of likely N-dealkylation sites (N-methyl/N-ethyl adjacent to an activating group) is 1. The number of rotatable bonds is 5. The zero-order valence-electron chi connectivity index (χ0n) is 14.1. The maximum absolute atomic E-state index is 3.52. The molecule has 2 heteroatoms. The Bertz CT molecular complexity index is 244. The van der Waals surface area contributed by atoms with Crippen molar-refractivity contribution < 1.29 is 0 Å². The summed E-state index contributed by atoms with van der Waals surface area (Å²) in [6, 6.07) is 0.649. The summed E-state index contributed by atoms with van der Waals surface area (Å²) >= 11 is 0. The van der Waals surface area contributed by atoms with Gasteiger partial charge in [-0.3, -0.25) is 0 Å². The summed E-state index contributed by atoms with van der Waals surface area (Å²) in [5, 5.41) is 3.52. The van der Waals surface area contributed by atoms with Crippen LogP contribution in [0.3, 0.4) is 0 Å². The van der Waals surface area contributed by atoms with Gasteiger partial charge < -0.3 is 10.2 Å². The van der Waals surface area contributed by atoms with Crippen LogP contribution in [0.2, 0.25) is 0 Å². The molecule has 2 nitrogen and oxygen atoms in total. The van der Waals surface area contributed by atoms with Crippen molar-refractivity contribution in [3.8, 4) is 0 Å². The average molecular weight is 268 g/mol. The van der Waals surface area contributed by atoms with E-state index in [0.29, 0.717) is 11.5 Å². The van der Waals surface area contributed by atoms with E-state index >= 15 is 0 Å². The van der Waals surface area contributed by atoms with Crippen molar-refractivity contribution in [3.63, 3.8) is 0 Å². The Morgan fingerprint density at radius 1 is 1.21 bits per heavy atom. The van der Waals surface area contributed by atoms with Gasteiger partial charge in [0.25, 0.3) is 0 Å². The average Bonchev–Trinajstić information content (AvgIpc) is 2.59. The number of nitrogens with zero attached hydrogens (tertiary/aromatic N) is 1. The van der Waals surface area contributed by atoms with E-state index < -0.39 is 0 Å². The molecule has 114 valence electrons. The summed E-state index contributed by atoms with van der Waals surface area (Å²) < 4.78 is 0. The summed E-state index contributed by atoms with van der Waals surface area (Å²) in [5.74, 6) is 1.67. The lowest BCUT2D eigenvalue weighted by molar-refractivity contribution is 0.195. The van der Waals surface area contributed by atoms with Gasteiger partial charge in [-0.1, -0.05) is 41.0 Å². The maximum Gasteiger partial charge on any atom is 0.0217 e. The molecule has 1 aliphatic rings. The quantitative estimate of drug-likeness (QED) is 0.816. The third-order valence-electron chi connectivity index (χ3n) is 5.20. The summed E-state index contributed by atoms with van der Waals surface area (Å²) in [6.07, 6.45) is 5.43. The van der Waals surface area contributed by atoms with E-state index in [0.717, 1.165) is 11.8 Å². The van der Waals surface area contributed by atoms with Gasteiger partial charge in [-0.15, -0.1) is 0 Å². The molecule has 0 aliphatic carbocycles. The molecule has 3 unspecified atom stereocenters. The number of hydrogen-bond donors (Lipinski definition) is 1. The van der Waals surface area contributed by atoms with E-state index in [9.17, 15) is 0 Å². The lowest BCUT2D eigenvalue weighted by atomic mass is 9.77. The topological polar surface area (TPSA) is 15.3 Å². The van der Waals surface area contributed by atoms with Crippen LogP contribution in [0.25, 0.3) is 0 Å². The zero-order valence-corrected chi connectivity index (χ0v) is 14.1. The van der Waals surface area contributed by atoms with Crippen LogP contribution in [0.1, 0.15) is 60.3 Å². The molecule has 0 aromatic rings. The first kappa shape index (κ1) is 17.0. The summed E-state index contributed by atoms with van der Waals surface area (Å²) in [5.41, 5.74) is 0.481. The van der Waals surface area contributed by atoms with E-state index in [1.807, 2.05) is 0 Å². The lowest BCUT2D eigenvalue weighted by Gasteiger charge is -2.31. The molecule has 0 aromatic heterocycles. The molecule has 1 aliphatic heterocycles. The van der Waals surface area contributed by atoms with Crippen LogP contribution in [0.5, 0.6) is 0 Å². The summed E-state index contributed by atoms with van der Waals surface area (Å²) in [4.78, 5) is 2.69. The summed E-state index contributed by atoms with van der Waals surface area (Å²) in [6.45, 7) is 15.7. The monoisotopic (exact) mass is 268 g/mol. The Morgan fingerprint density at radius 2 is 1.89 bits per heavy atom. The van der Waals surface area contributed by atoms with E-state index in [1.165, 1.54) is 45.3 Å². The predicted octanol–water partition coefficient (Wildman–Crippen LogP) is 3.77. The highest BCUT2D eigenvalue weighted by molar-refractivity contribution is 4.81. The zero-order chi connectivity index (χ0) is 14.5. The lowest BCUT2D eigenvalue weighted by Crippen LogP contribution is -2.43. The second-order valence-corrected chi connectivity index (χ2v) is 7.58. The Hall–Kier alpha value is -0.0800. The van der Waals surface area contributed by atoms with Crippen LogP contribution in [0.4, 0.5) is 0 Å². The predicted molar refractivity (Wildman–Crippen MR) is 85.5 cm³/mol. The van der Waals surface area contributed by atoms with Crippen molar-refractivity contribution in [1.82, 2.24) is 10.2 Å². The highest BCUT2D eigenvalue weighted by atomic mass is 15.1. The molecule has 3 atom stereocenters. The fourth-order valence-electron chi connectivity index (χ4n) is 3.32. The van der Waals surface area contributed by atoms with Crippen LogP contribution >= 0.6 is 0 Å². The molecule has 1 fully saturated rings. The van der Waals surface area contributed by atoms with Gasteiger partial charge in [0.2, 0.25) is 0 Å². The molecule has 1 heterocycles. The molecule has 0 saturated carbocycles. The van der Waals surface area contributed by atoms with Gasteiger partial charge >= 0.3 is 0 Å². The third-order valence-corrected chi connectivity index (χ3v) is 5.20. The first-order valence-corrected chi connectivity index (χ1v) is 8.28. The smallest absolute Gasteiger partial charge is 0.0217 e. The van der Waals surface area contributed by atoms with Crippen molar-refractivity contribution in [3.05, 3.63) is 0 Å². The Morgan fingerprint density at radius 3 is 2.42 bits per heavy atom. The van der Waals surface area contributed by atoms with Gasteiger partial charge in [0, 0.05) is 12.6 Å². The maximum atomic E-state index is 3.52. The van der Waals surface area contributed by atoms with Crippen LogP contribution in [0.15, 0.2) is 0 Å². The third kappa shape index (κ3) is 5.43. The minimum absolute atomic E-state index is 0.481. The summed E-state index contributed by atoms with van der Waals surface area (Å²) in [7, 11) is 2.12. The molecule has 0 aromatic carbocycles. The van der Waals surface area contributed by atoms with Crippen LogP contribution in [-0.2, 0) is 0 Å². The SMILES string of the molecule is CCC(C)C(CN1CCCC(C(C)(C)C)CC1)NC. The van der Waals surface area contributed by atoms with E-state index in [2.05, 4.69) is 51.9 Å². The van der Waals surface area contributed by atoms with E-state index in [1.54, 1.807) is 0 Å². The first-order valence-electron chi connectivity index (χ1n) is 8.28. The molecule has 0 bridgehead atoms. The number of likely N-dealkylation sites (tertiary alicyclic amines) is 1. The fourth-order valence-corrected chi connectivity index (χ4v) is 3.32. The van der Waals surface area contributed by atoms with Gasteiger partial charge in [0.15, 0.2) is 0 Å². The minimum atomic E-state index is 0.481. The van der Waals surface area contributed by atoms with Gasteiger partial charge in [-0.25, -0.2) is 0 Å². The van der Waals surface area contributed by atoms with Crippen molar-refractivity contribution in [2.75, 3.05) is 26.7 Å². The van der Waals surface area contributed by atoms with Crippen LogP contribution in [0, 0.1) is 17.3 Å². The first-order chi connectivity index (χ1) is 8.88. The normalized spacial score (nSPS) is 25.9. The standard InChI is InChI=1S/C17H36N2/c1-7-14(2)16(18-6)13-19-11-8-9-15(10-12-19)17(3,4)5/h14-16,18H,7-13H2,1-6H3. The number of hydrogen-bond acceptors (Lipinski definition) is 2. The second-order valence-electron chi connectivity index (χ2n) is 7.58. The molecular weight excluding hydrogens is 232 g/mol. The molecule has 0 spiro atoms. The largest absolute Gasteiger partial charge is 0.315 e. The van der Waals surface area contributed by atoms with Gasteiger partial charge in [-0.2, -0.15) is 0 Å². The van der Waals surface area contributed by atoms with Crippen LogP contribution < -0.4 is 5.32 Å². The Labute approximate surface area is 121 Å². The number of nitrogens with one attached hydrogen (secondary N) is 1. The molecule has 0 amide bonds. The van der Waals surface area contributed by atoms with Crippen molar-refractivity contribution >= 4 is 0 Å². The highest BCUT2D eigenvalue weighted by Crippen LogP contribution is 2.34. The minimum Gasteiger partial charge on any atom is -0.315 e. The van der Waals surface area contributed by atoms with E-state index in [4.69, 9.17) is 0 Å². The molecule has 1 rings (SSSR count). The molecule has 1 saturated heterocycles. The molecule has 0 radical (unpaired) electrons. The van der Waals surface area contributed by atoms with Crippen LogP contribution in [-0.4, -0.2) is 37.6 Å². The fraction of sp³-hybridized carbons (Fsp3) is 1.00. The van der Waals surface area contributed by atoms with Crippen molar-refractivity contribution in [2.45, 2.75) is 66.3 Å². The Kier molecular flexibility index (Phi) is 6.82. The van der Waals surface area contributed by atoms with Gasteiger partial charge in [0.05, 0.1) is 0 Å². The second kappa shape index (κ2) is 7.64. The van der Waals surface area contributed by atoms with Crippen molar-refractivity contribution in [1.29, 1.82) is 0 Å². The molecule has 19 heavy (non-hydrogen) atoms. The van der Waals surface area contributed by atoms with Gasteiger partial charge in [0.1, 0.15) is 0 Å². The Balaban J connectivity index is 2.48.